The Kier molecular flexibility index (Phi) is 3.69. The number of hydrogen-bond acceptors (Lipinski definition) is 3. The van der Waals surface area contributed by atoms with Crippen molar-refractivity contribution in [2.24, 2.45) is 0 Å². The molecule has 0 bridgehead atoms. The van der Waals surface area contributed by atoms with Crippen LogP contribution >= 0.6 is 27.3 Å². The van der Waals surface area contributed by atoms with Gasteiger partial charge in [-0.15, -0.1) is 11.3 Å². The van der Waals surface area contributed by atoms with Gasteiger partial charge in [-0.1, -0.05) is 6.07 Å². The van der Waals surface area contributed by atoms with Crippen molar-refractivity contribution in [3.8, 4) is 0 Å². The van der Waals surface area contributed by atoms with Crippen LogP contribution in [0.4, 0.5) is 15.8 Å². The standard InChI is InChI=1S/C12H12BrFN2S/c1-7(12-3-2-4-17-12)16-11-5-8(13)9(14)6-10(11)15/h2-7,16H,15H2,1H3. The number of hydrogen-bond donors (Lipinski definition) is 2. The SMILES string of the molecule is CC(Nc1cc(Br)c(F)cc1N)c1cccs1. The number of nitrogens with one attached hydrogen (secondary N) is 1. The highest BCUT2D eigenvalue weighted by atomic mass is 79.9. The summed E-state index contributed by atoms with van der Waals surface area (Å²) in [7, 11) is 0. The van der Waals surface area contributed by atoms with Gasteiger partial charge in [-0.25, -0.2) is 4.39 Å². The molecule has 2 rings (SSSR count). The molecule has 0 aliphatic carbocycles. The first-order valence-corrected chi connectivity index (χ1v) is 6.79. The minimum Gasteiger partial charge on any atom is -0.397 e. The van der Waals surface area contributed by atoms with E-state index in [9.17, 15) is 4.39 Å². The lowest BCUT2D eigenvalue weighted by molar-refractivity contribution is 0.622. The summed E-state index contributed by atoms with van der Waals surface area (Å²) in [5.41, 5.74) is 6.92. The highest BCUT2D eigenvalue weighted by Crippen LogP contribution is 2.30. The lowest BCUT2D eigenvalue weighted by Crippen LogP contribution is -2.07. The molecule has 1 aromatic carbocycles. The third-order valence-corrected chi connectivity index (χ3v) is 4.10. The van der Waals surface area contributed by atoms with Crippen LogP contribution in [-0.4, -0.2) is 0 Å². The molecule has 0 saturated carbocycles. The van der Waals surface area contributed by atoms with Crippen LogP contribution in [0.25, 0.3) is 0 Å². The normalized spacial score (nSPS) is 12.4. The third kappa shape index (κ3) is 2.79. The fourth-order valence-electron chi connectivity index (χ4n) is 1.53. The van der Waals surface area contributed by atoms with Gasteiger partial charge < -0.3 is 11.1 Å². The summed E-state index contributed by atoms with van der Waals surface area (Å²) in [6, 6.07) is 7.18. The van der Waals surface area contributed by atoms with Gasteiger partial charge in [0.15, 0.2) is 0 Å². The fourth-order valence-corrected chi connectivity index (χ4v) is 2.61. The van der Waals surface area contributed by atoms with Crippen molar-refractivity contribution in [1.29, 1.82) is 0 Å². The van der Waals surface area contributed by atoms with Gasteiger partial charge in [0.25, 0.3) is 0 Å². The quantitative estimate of drug-likeness (QED) is 0.824. The largest absolute Gasteiger partial charge is 0.397 e. The fraction of sp³-hybridized carbons (Fsp3) is 0.167. The summed E-state index contributed by atoms with van der Waals surface area (Å²) in [5, 5.41) is 5.29. The number of thiophene rings is 1. The molecule has 90 valence electrons. The minimum atomic E-state index is -0.350. The lowest BCUT2D eigenvalue weighted by Gasteiger charge is -2.16. The predicted molar refractivity (Wildman–Crippen MR) is 74.9 cm³/mol. The van der Waals surface area contributed by atoms with E-state index in [1.54, 1.807) is 17.4 Å². The molecule has 0 amide bonds. The van der Waals surface area contributed by atoms with E-state index in [-0.39, 0.29) is 11.9 Å². The van der Waals surface area contributed by atoms with Gasteiger partial charge >= 0.3 is 0 Å². The van der Waals surface area contributed by atoms with Gasteiger partial charge in [0.05, 0.1) is 21.9 Å². The number of anilines is 2. The van der Waals surface area contributed by atoms with E-state index in [0.717, 1.165) is 5.69 Å². The van der Waals surface area contributed by atoms with Crippen LogP contribution in [0.1, 0.15) is 17.8 Å². The zero-order chi connectivity index (χ0) is 12.4. The highest BCUT2D eigenvalue weighted by molar-refractivity contribution is 9.10. The van der Waals surface area contributed by atoms with E-state index in [0.29, 0.717) is 10.2 Å². The maximum atomic E-state index is 13.2. The summed E-state index contributed by atoms with van der Waals surface area (Å²) in [4.78, 5) is 1.21. The van der Waals surface area contributed by atoms with Crippen molar-refractivity contribution in [2.45, 2.75) is 13.0 Å². The second kappa shape index (κ2) is 5.06. The molecule has 0 saturated heterocycles. The van der Waals surface area contributed by atoms with E-state index in [4.69, 9.17) is 5.73 Å². The number of halogens is 2. The van der Waals surface area contributed by atoms with E-state index >= 15 is 0 Å². The Morgan fingerprint density at radius 3 is 2.88 bits per heavy atom. The van der Waals surface area contributed by atoms with Crippen molar-refractivity contribution < 1.29 is 4.39 Å². The first-order chi connectivity index (χ1) is 8.08. The Hall–Kier alpha value is -1.07. The van der Waals surface area contributed by atoms with Crippen molar-refractivity contribution in [2.75, 3.05) is 11.1 Å². The van der Waals surface area contributed by atoms with Crippen LogP contribution in [0.15, 0.2) is 34.1 Å². The third-order valence-electron chi connectivity index (χ3n) is 2.43. The van der Waals surface area contributed by atoms with Gasteiger partial charge in [0, 0.05) is 10.9 Å². The molecule has 5 heteroatoms. The molecular formula is C12H12BrFN2S. The molecule has 1 unspecified atom stereocenters. The molecule has 17 heavy (non-hydrogen) atoms. The first-order valence-electron chi connectivity index (χ1n) is 5.12. The summed E-state index contributed by atoms with van der Waals surface area (Å²) < 4.78 is 13.6. The Balaban J connectivity index is 2.22. The Labute approximate surface area is 112 Å². The Morgan fingerprint density at radius 1 is 1.47 bits per heavy atom. The van der Waals surface area contributed by atoms with Crippen LogP contribution in [0.5, 0.6) is 0 Å². The molecule has 1 atom stereocenters. The highest BCUT2D eigenvalue weighted by Gasteiger charge is 2.10. The number of rotatable bonds is 3. The molecule has 0 aliphatic rings. The molecule has 0 fully saturated rings. The monoisotopic (exact) mass is 314 g/mol. The second-order valence-corrected chi connectivity index (χ2v) is 5.57. The summed E-state index contributed by atoms with van der Waals surface area (Å²) in [6.45, 7) is 2.04. The molecule has 2 nitrogen and oxygen atoms in total. The van der Waals surface area contributed by atoms with Gasteiger partial charge in [-0.3, -0.25) is 0 Å². The van der Waals surface area contributed by atoms with E-state index in [2.05, 4.69) is 27.3 Å². The molecule has 0 spiro atoms. The van der Waals surface area contributed by atoms with Crippen LogP contribution in [0.2, 0.25) is 0 Å². The molecule has 3 N–H and O–H groups in total. The number of nitrogens with two attached hydrogens (primary N) is 1. The maximum Gasteiger partial charge on any atom is 0.139 e. The Morgan fingerprint density at radius 2 is 2.24 bits per heavy atom. The maximum absolute atomic E-state index is 13.2. The second-order valence-electron chi connectivity index (χ2n) is 3.74. The van der Waals surface area contributed by atoms with Crippen molar-refractivity contribution >= 4 is 38.6 Å². The van der Waals surface area contributed by atoms with Crippen molar-refractivity contribution in [3.05, 3.63) is 44.8 Å². The van der Waals surface area contributed by atoms with Gasteiger partial charge in [-0.2, -0.15) is 0 Å². The van der Waals surface area contributed by atoms with Crippen LogP contribution in [0.3, 0.4) is 0 Å². The Bertz CT molecular complexity index is 513. The molecule has 1 heterocycles. The number of nitrogen functional groups attached to an aromatic ring is 1. The minimum absolute atomic E-state index is 0.148. The summed E-state index contributed by atoms with van der Waals surface area (Å²) in [5.74, 6) is -0.350. The van der Waals surface area contributed by atoms with Gasteiger partial charge in [0.2, 0.25) is 0 Å². The first kappa shape index (κ1) is 12.4. The van der Waals surface area contributed by atoms with Gasteiger partial charge in [-0.05, 0) is 40.4 Å². The molecule has 2 aromatic rings. The summed E-state index contributed by atoms with van der Waals surface area (Å²) >= 11 is 4.83. The molecule has 1 aromatic heterocycles. The topological polar surface area (TPSA) is 38.0 Å². The van der Waals surface area contributed by atoms with Gasteiger partial charge in [0.1, 0.15) is 5.82 Å². The van der Waals surface area contributed by atoms with Crippen LogP contribution < -0.4 is 11.1 Å². The zero-order valence-electron chi connectivity index (χ0n) is 9.21. The average Bonchev–Trinajstić information content (AvgIpc) is 2.79. The predicted octanol–water partition coefficient (Wildman–Crippen LogP) is 4.41. The van der Waals surface area contributed by atoms with Crippen LogP contribution in [-0.2, 0) is 0 Å². The van der Waals surface area contributed by atoms with E-state index < -0.39 is 0 Å². The molecule has 0 aliphatic heterocycles. The molecular weight excluding hydrogens is 303 g/mol. The number of benzene rings is 1. The smallest absolute Gasteiger partial charge is 0.139 e. The molecule has 0 radical (unpaired) electrons. The van der Waals surface area contributed by atoms with E-state index in [1.807, 2.05) is 18.4 Å². The summed E-state index contributed by atoms with van der Waals surface area (Å²) in [6.07, 6.45) is 0. The van der Waals surface area contributed by atoms with Crippen molar-refractivity contribution in [1.82, 2.24) is 0 Å². The zero-order valence-corrected chi connectivity index (χ0v) is 11.6. The van der Waals surface area contributed by atoms with Crippen LogP contribution in [0, 0.1) is 5.82 Å². The van der Waals surface area contributed by atoms with E-state index in [1.165, 1.54) is 10.9 Å². The van der Waals surface area contributed by atoms with Crippen molar-refractivity contribution in [3.63, 3.8) is 0 Å². The lowest BCUT2D eigenvalue weighted by atomic mass is 10.2. The average molecular weight is 315 g/mol.